The van der Waals surface area contributed by atoms with Gasteiger partial charge in [-0.05, 0) is 44.0 Å². The van der Waals surface area contributed by atoms with Gasteiger partial charge < -0.3 is 9.72 Å². The largest absolute Gasteiger partial charge is 0.336 e. The lowest BCUT2D eigenvalue weighted by Gasteiger charge is -2.10. The third-order valence-corrected chi connectivity index (χ3v) is 4.33. The normalized spacial score (nSPS) is 10.9. The molecule has 4 nitrogen and oxygen atoms in total. The Balaban J connectivity index is 2.10. The minimum atomic E-state index is 0.638. The summed E-state index contributed by atoms with van der Waals surface area (Å²) in [5, 5.41) is 3.87. The summed E-state index contributed by atoms with van der Waals surface area (Å²) in [6.45, 7) is 0. The van der Waals surface area contributed by atoms with Gasteiger partial charge in [-0.15, -0.1) is 0 Å². The van der Waals surface area contributed by atoms with Gasteiger partial charge in [0.05, 0.1) is 15.2 Å². The average molecular weight is 402 g/mol. The molecule has 19 heavy (non-hydrogen) atoms. The molecule has 3 rings (SSSR count). The topological polar surface area (TPSA) is 42.2 Å². The number of hydrogen-bond donors (Lipinski definition) is 1. The summed E-state index contributed by atoms with van der Waals surface area (Å²) in [6, 6.07) is 5.60. The lowest BCUT2D eigenvalue weighted by Crippen LogP contribution is -1.99. The molecule has 1 N–H and O–H groups in total. The lowest BCUT2D eigenvalue weighted by molar-refractivity contribution is 1.10. The Morgan fingerprint density at radius 1 is 1.26 bits per heavy atom. The molecule has 3 aromatic rings. The van der Waals surface area contributed by atoms with E-state index in [1.807, 2.05) is 35.0 Å². The van der Waals surface area contributed by atoms with Gasteiger partial charge in [-0.2, -0.15) is 0 Å². The number of fused-ring (bicyclic) bond motifs is 1. The Labute approximate surface area is 131 Å². The highest BCUT2D eigenvalue weighted by molar-refractivity contribution is 9.10. The molecule has 0 spiro atoms. The molecule has 2 heterocycles. The van der Waals surface area contributed by atoms with Crippen LogP contribution in [0.1, 0.15) is 0 Å². The number of imidazole rings is 1. The molecule has 0 unspecified atom stereocenters. The van der Waals surface area contributed by atoms with Crippen molar-refractivity contribution in [3.05, 3.63) is 50.9 Å². The highest BCUT2D eigenvalue weighted by Crippen LogP contribution is 2.32. The summed E-state index contributed by atoms with van der Waals surface area (Å²) < 4.78 is 3.40. The number of rotatable bonds is 2. The van der Waals surface area contributed by atoms with E-state index in [0.717, 1.165) is 20.4 Å². The van der Waals surface area contributed by atoms with Crippen LogP contribution < -0.4 is 5.32 Å². The summed E-state index contributed by atoms with van der Waals surface area (Å²) in [7, 11) is 0. The number of hydrogen-bond acceptors (Lipinski definition) is 3. The zero-order valence-corrected chi connectivity index (χ0v) is 13.4. The van der Waals surface area contributed by atoms with Crippen molar-refractivity contribution in [2.24, 2.45) is 0 Å². The van der Waals surface area contributed by atoms with Gasteiger partial charge in [0.15, 0.2) is 11.5 Å². The van der Waals surface area contributed by atoms with E-state index in [1.165, 1.54) is 0 Å². The van der Waals surface area contributed by atoms with Crippen molar-refractivity contribution in [3.63, 3.8) is 0 Å². The Bertz CT molecular complexity index is 757. The third kappa shape index (κ3) is 2.48. The second-order valence-electron chi connectivity index (χ2n) is 3.80. The molecule has 0 bridgehead atoms. The summed E-state index contributed by atoms with van der Waals surface area (Å²) >= 11 is 12.9. The molecule has 0 saturated heterocycles. The van der Waals surface area contributed by atoms with E-state index in [4.69, 9.17) is 11.6 Å². The monoisotopic (exact) mass is 400 g/mol. The van der Waals surface area contributed by atoms with E-state index in [2.05, 4.69) is 47.1 Å². The smallest absolute Gasteiger partial charge is 0.180 e. The SMILES string of the molecule is Clc1cccc(Nc2nc(Br)cn3ccnc23)c1Br. The first-order valence-corrected chi connectivity index (χ1v) is 7.32. The van der Waals surface area contributed by atoms with Crippen molar-refractivity contribution in [2.45, 2.75) is 0 Å². The Morgan fingerprint density at radius 2 is 2.11 bits per heavy atom. The highest BCUT2D eigenvalue weighted by Gasteiger charge is 2.09. The van der Waals surface area contributed by atoms with Crippen LogP contribution in [0.25, 0.3) is 5.65 Å². The van der Waals surface area contributed by atoms with Gasteiger partial charge in [-0.1, -0.05) is 17.7 Å². The van der Waals surface area contributed by atoms with E-state index in [-0.39, 0.29) is 0 Å². The maximum Gasteiger partial charge on any atom is 0.180 e. The molecular formula is C12H7Br2ClN4. The molecular weight excluding hydrogens is 395 g/mol. The van der Waals surface area contributed by atoms with Crippen LogP contribution >= 0.6 is 43.5 Å². The van der Waals surface area contributed by atoms with Crippen LogP contribution in [0.2, 0.25) is 5.02 Å². The van der Waals surface area contributed by atoms with Crippen molar-refractivity contribution >= 4 is 60.6 Å². The number of anilines is 2. The second-order valence-corrected chi connectivity index (χ2v) is 5.81. The molecule has 0 radical (unpaired) electrons. The number of aromatic nitrogens is 3. The molecule has 2 aromatic heterocycles. The molecule has 0 amide bonds. The maximum atomic E-state index is 6.07. The summed E-state index contributed by atoms with van der Waals surface area (Å²) in [5.41, 5.74) is 1.58. The average Bonchev–Trinajstić information content (AvgIpc) is 2.83. The molecule has 7 heteroatoms. The standard InChI is InChI=1S/C12H7Br2ClN4/c13-9-6-19-5-4-16-12(19)11(18-9)17-8-3-1-2-7(15)10(8)14/h1-6H,(H,17,18). The van der Waals surface area contributed by atoms with E-state index in [1.54, 1.807) is 6.20 Å². The zero-order chi connectivity index (χ0) is 13.4. The molecule has 0 aliphatic rings. The van der Waals surface area contributed by atoms with Gasteiger partial charge in [0, 0.05) is 18.6 Å². The Hall–Kier alpha value is -1.11. The fourth-order valence-corrected chi connectivity index (χ4v) is 2.65. The van der Waals surface area contributed by atoms with Gasteiger partial charge in [-0.25, -0.2) is 9.97 Å². The van der Waals surface area contributed by atoms with Crippen molar-refractivity contribution in [1.82, 2.24) is 14.4 Å². The molecule has 1 aromatic carbocycles. The van der Waals surface area contributed by atoms with E-state index < -0.39 is 0 Å². The third-order valence-electron chi connectivity index (χ3n) is 2.55. The first kappa shape index (κ1) is 12.9. The Morgan fingerprint density at radius 3 is 2.95 bits per heavy atom. The van der Waals surface area contributed by atoms with Crippen molar-refractivity contribution < 1.29 is 0 Å². The quantitative estimate of drug-likeness (QED) is 0.678. The van der Waals surface area contributed by atoms with Crippen LogP contribution in [0, 0.1) is 0 Å². The number of benzene rings is 1. The fourth-order valence-electron chi connectivity index (χ4n) is 1.71. The van der Waals surface area contributed by atoms with Crippen LogP contribution in [0.5, 0.6) is 0 Å². The van der Waals surface area contributed by atoms with Crippen LogP contribution in [-0.2, 0) is 0 Å². The molecule has 0 atom stereocenters. The van der Waals surface area contributed by atoms with Crippen LogP contribution in [0.15, 0.2) is 45.9 Å². The van der Waals surface area contributed by atoms with E-state index in [9.17, 15) is 0 Å². The number of nitrogens with one attached hydrogen (secondary N) is 1. The van der Waals surface area contributed by atoms with Gasteiger partial charge in [0.1, 0.15) is 4.60 Å². The summed E-state index contributed by atoms with van der Waals surface area (Å²) in [5.74, 6) is 0.655. The molecule has 0 saturated carbocycles. The second kappa shape index (κ2) is 5.11. The van der Waals surface area contributed by atoms with Crippen LogP contribution in [0.4, 0.5) is 11.5 Å². The Kier molecular flexibility index (Phi) is 3.47. The summed E-state index contributed by atoms with van der Waals surface area (Å²) in [4.78, 5) is 8.67. The molecule has 96 valence electrons. The predicted molar refractivity (Wildman–Crippen MR) is 83.1 cm³/mol. The number of halogens is 3. The maximum absolute atomic E-state index is 6.07. The summed E-state index contributed by atoms with van der Waals surface area (Å²) in [6.07, 6.45) is 5.43. The molecule has 0 aliphatic heterocycles. The van der Waals surface area contributed by atoms with E-state index >= 15 is 0 Å². The van der Waals surface area contributed by atoms with Crippen LogP contribution in [0.3, 0.4) is 0 Å². The zero-order valence-electron chi connectivity index (χ0n) is 9.44. The van der Waals surface area contributed by atoms with Crippen molar-refractivity contribution in [1.29, 1.82) is 0 Å². The van der Waals surface area contributed by atoms with Gasteiger partial charge >= 0.3 is 0 Å². The minimum Gasteiger partial charge on any atom is -0.336 e. The highest BCUT2D eigenvalue weighted by atomic mass is 79.9. The molecule has 0 aliphatic carbocycles. The minimum absolute atomic E-state index is 0.638. The van der Waals surface area contributed by atoms with Gasteiger partial charge in [-0.3, -0.25) is 0 Å². The molecule has 0 fully saturated rings. The van der Waals surface area contributed by atoms with Crippen molar-refractivity contribution in [3.8, 4) is 0 Å². The van der Waals surface area contributed by atoms with Crippen LogP contribution in [-0.4, -0.2) is 14.4 Å². The first-order chi connectivity index (χ1) is 9.15. The van der Waals surface area contributed by atoms with E-state index in [0.29, 0.717) is 10.8 Å². The number of nitrogens with zero attached hydrogens (tertiary/aromatic N) is 3. The lowest BCUT2D eigenvalue weighted by atomic mass is 10.3. The van der Waals surface area contributed by atoms with Gasteiger partial charge in [0.2, 0.25) is 0 Å². The first-order valence-electron chi connectivity index (χ1n) is 5.35. The fraction of sp³-hybridized carbons (Fsp3) is 0. The van der Waals surface area contributed by atoms with Gasteiger partial charge in [0.25, 0.3) is 0 Å². The predicted octanol–water partition coefficient (Wildman–Crippen LogP) is 4.65. The van der Waals surface area contributed by atoms with Crippen molar-refractivity contribution in [2.75, 3.05) is 5.32 Å².